The molecule has 10 aromatic carbocycles. The number of carboxylic acids is 2. The molecule has 1 unspecified atom stereocenters. The van der Waals surface area contributed by atoms with Crippen molar-refractivity contribution < 1.29 is 138 Å². The monoisotopic (exact) mass is 2210 g/mol. The molecule has 754 valence electrons. The van der Waals surface area contributed by atoms with E-state index in [4.69, 9.17) is 34.5 Å². The van der Waals surface area contributed by atoms with Crippen molar-refractivity contribution >= 4 is 137 Å². The molecule has 15 nitrogen and oxygen atoms in total. The first kappa shape index (κ1) is 126. The summed E-state index contributed by atoms with van der Waals surface area (Å²) in [4.78, 5) is 55.8. The van der Waals surface area contributed by atoms with Gasteiger partial charge in [-0.25, -0.2) is 75.0 Å². The number of carbonyl (C=O) groups excluding carboxylic acids is 3. The molecule has 10 aromatic rings. The van der Waals surface area contributed by atoms with Gasteiger partial charge in [0, 0.05) is 21.6 Å². The van der Waals surface area contributed by atoms with E-state index in [9.17, 15) is 104 Å². The van der Waals surface area contributed by atoms with Crippen molar-refractivity contribution in [2.75, 3.05) is 32.0 Å². The minimum atomic E-state index is -2.42. The first-order valence-corrected chi connectivity index (χ1v) is 46.7. The summed E-state index contributed by atoms with van der Waals surface area (Å²) >= 11 is 10.4. The third-order valence-electron chi connectivity index (χ3n) is 22.5. The molecule has 38 heteroatoms. The van der Waals surface area contributed by atoms with Crippen LogP contribution in [0.4, 0.5) is 70.2 Å². The second-order valence-corrected chi connectivity index (χ2v) is 38.3. The largest absolute Gasteiger partial charge is 0.481 e. The summed E-state index contributed by atoms with van der Waals surface area (Å²) < 4.78 is 227. The number of rotatable bonds is 19. The van der Waals surface area contributed by atoms with Crippen LogP contribution in [0.15, 0.2) is 158 Å². The number of hydrogen-bond donors (Lipinski definition) is 5. The Morgan fingerprint density at radius 2 is 0.746 bits per heavy atom. The minimum absolute atomic E-state index is 0. The molecule has 2 aliphatic carbocycles. The molecule has 138 heavy (non-hydrogen) atoms. The number of aliphatic hydroxyl groups excluding tert-OH is 3. The molecule has 2 aliphatic rings. The fourth-order valence-corrected chi connectivity index (χ4v) is 21.3. The van der Waals surface area contributed by atoms with Crippen LogP contribution >= 0.6 is 88.3 Å². The van der Waals surface area contributed by atoms with Crippen molar-refractivity contribution in [3.63, 3.8) is 0 Å². The summed E-state index contributed by atoms with van der Waals surface area (Å²) in [6, 6.07) is 42.3. The summed E-state index contributed by atoms with van der Waals surface area (Å²) in [6.07, 6.45) is 1.66. The highest BCUT2D eigenvalue weighted by molar-refractivity contribution is 9.09. The Bertz CT molecular complexity index is 5590. The Morgan fingerprint density at radius 1 is 0.435 bits per heavy atom. The molecule has 2 saturated carbocycles. The second-order valence-electron chi connectivity index (χ2n) is 32.1. The fourth-order valence-electron chi connectivity index (χ4n) is 14.8. The van der Waals surface area contributed by atoms with Crippen molar-refractivity contribution in [2.24, 2.45) is 0 Å². The third kappa shape index (κ3) is 33.3. The van der Waals surface area contributed by atoms with Gasteiger partial charge in [-0.2, -0.15) is 45.7 Å². The minimum Gasteiger partial charge on any atom is -0.481 e. The molecular formula is C100H110Br3F16NO14S3Si. The molecule has 12 rings (SSSR count). The molecule has 0 bridgehead atoms. The molecule has 5 atom stereocenters. The van der Waals surface area contributed by atoms with Crippen LogP contribution in [-0.2, 0) is 79.8 Å². The lowest BCUT2D eigenvalue weighted by molar-refractivity contribution is -0.148. The Morgan fingerprint density at radius 3 is 1.05 bits per heavy atom. The molecular weight excluding hydrogens is 2110 g/mol. The van der Waals surface area contributed by atoms with Crippen LogP contribution in [0, 0.1) is 160 Å². The van der Waals surface area contributed by atoms with E-state index in [1.165, 1.54) is 117 Å². The number of methoxy groups -OCH3 is 3. The van der Waals surface area contributed by atoms with E-state index in [1.807, 2.05) is 6.07 Å². The number of nitriles is 1. The summed E-state index contributed by atoms with van der Waals surface area (Å²) in [5.41, 5.74) is 1.90. The lowest BCUT2D eigenvalue weighted by atomic mass is 9.76. The van der Waals surface area contributed by atoms with Gasteiger partial charge in [-0.1, -0.05) is 172 Å². The fraction of sp³-hybridized carbons (Fsp3) is 0.340. The van der Waals surface area contributed by atoms with Gasteiger partial charge in [-0.3, -0.25) is 19.2 Å². The number of carbonyl (C=O) groups is 5. The second kappa shape index (κ2) is 59.3. The number of aliphatic hydroxyl groups is 3. The lowest BCUT2D eigenvalue weighted by Gasteiger charge is -2.45. The highest BCUT2D eigenvalue weighted by Gasteiger charge is 2.53. The van der Waals surface area contributed by atoms with Crippen molar-refractivity contribution in [3.05, 3.63) is 340 Å². The Hall–Kier alpha value is -9.53. The number of nitrogens with zero attached hydrogens (tertiary/aromatic N) is 1. The van der Waals surface area contributed by atoms with E-state index < -0.39 is 154 Å². The Kier molecular flexibility index (Phi) is 54.3. The SMILES string of the molecule is CC(C)(C)[Si](O[C@H](CBr)CCBr)(c1ccccc1)c1ccccc1.COC(=O)C1(c2ccc(F)c(F)c2C)CC[C@H](O)C1.COC(=O)Cc1ccc(F)c(F)c1C.COC(=O)[C@@]1(c2ccc(F)c(F)c2C)CC[C@H](O)C1.Cc1c(C(=O)O)ccc(F)c1F.Cc1c(CBr)ccc(F)c1F.Cc1c(CC#N)ccc(F)c1F.Cc1c(CC(=O)O)ccc(F)c1F.Cc1c(CO)ccc(F)c1F.S.S.S. The molecule has 0 heterocycles. The summed E-state index contributed by atoms with van der Waals surface area (Å²) in [6.45, 7) is 18.0. The molecule has 0 aliphatic heterocycles. The van der Waals surface area contributed by atoms with Crippen molar-refractivity contribution in [1.82, 2.24) is 0 Å². The van der Waals surface area contributed by atoms with Crippen molar-refractivity contribution in [3.8, 4) is 6.07 Å². The molecule has 2 fully saturated rings. The van der Waals surface area contributed by atoms with Crippen LogP contribution in [-0.4, -0.2) is 114 Å². The van der Waals surface area contributed by atoms with E-state index >= 15 is 0 Å². The zero-order chi connectivity index (χ0) is 102. The maximum atomic E-state index is 13.7. The summed E-state index contributed by atoms with van der Waals surface area (Å²) in [7, 11) is 1.33. The normalized spacial score (nSPS) is 14.9. The number of aromatic carboxylic acids is 1. The molecule has 0 amide bonds. The van der Waals surface area contributed by atoms with Gasteiger partial charge < -0.3 is 44.2 Å². The standard InChI is InChI=1S/C20H26Br2OSi.2C14H16F2O3.C10H10F2O2.C9H7F2N.C9H8F2O2.C8H7BrF2.C8H6F2O2.C8H8F2O.3H2S/c1-20(2,3)24(18-10-6-4-7-11-18,19-12-8-5-9-13-19)23-17(16-22)14-15-21;2*1-8-10(3-4-11(15)12(8)16)14(13(18)19-2)6-5-9(17)7-14;1-6-7(5-9(13)14-2)3-4-8(11)10(6)12;1-6-7(4-5-12)2-3-8(10)9(6)11;1-5-6(4-8(12)13)2-3-7(10)9(5)11;1-5-6(4-9)2-3-7(10)8(5)11;1-4-5(8(11)12)2-3-6(9)7(4)10;1-5-6(4-11)2-3-7(9)8(5)10;;;/h4-13,17H,14-16H2,1-3H3;2*3-4,9,17H,5-7H2,1-2H3;3-4H,5H2,1-2H3;2-3H,4H2,1H3;2-3H,4H2,1H3,(H,12,13);2-3H,4H2,1H3;2-3H,1H3,(H,11,12);2-3,11H,4H2,1H3;3*1H2/t17-;9-,14?;9-,14-;;;;;;;;;/m000........./s1. The molecule has 0 saturated heterocycles. The Labute approximate surface area is 839 Å². The van der Waals surface area contributed by atoms with Crippen molar-refractivity contribution in [1.29, 1.82) is 5.26 Å². The first-order chi connectivity index (χ1) is 63.4. The van der Waals surface area contributed by atoms with E-state index in [1.54, 1.807) is 13.0 Å². The number of alkyl halides is 3. The highest BCUT2D eigenvalue weighted by atomic mass is 79.9. The van der Waals surface area contributed by atoms with Gasteiger partial charge in [0.2, 0.25) is 0 Å². The van der Waals surface area contributed by atoms with E-state index in [0.29, 0.717) is 70.0 Å². The maximum absolute atomic E-state index is 13.7. The van der Waals surface area contributed by atoms with Gasteiger partial charge in [0.1, 0.15) is 0 Å². The van der Waals surface area contributed by atoms with E-state index in [2.05, 4.69) is 134 Å². The lowest BCUT2D eigenvalue weighted by Crippen LogP contribution is -2.67. The van der Waals surface area contributed by atoms with Gasteiger partial charge in [0.05, 0.1) is 88.0 Å². The third-order valence-corrected chi connectivity index (χ3v) is 29.4. The van der Waals surface area contributed by atoms with Crippen LogP contribution in [0.2, 0.25) is 5.04 Å². The maximum Gasteiger partial charge on any atom is 0.336 e. The first-order valence-electron chi connectivity index (χ1n) is 41.4. The number of benzene rings is 10. The number of halogens is 19. The molecule has 0 aromatic heterocycles. The molecule has 5 N–H and O–H groups in total. The van der Waals surface area contributed by atoms with Gasteiger partial charge in [0.25, 0.3) is 8.32 Å². The topological polar surface area (TPSA) is 247 Å². The number of ether oxygens (including phenoxy) is 3. The number of aliphatic carboxylic acids is 1. The van der Waals surface area contributed by atoms with Crippen LogP contribution in [0.3, 0.4) is 0 Å². The predicted molar refractivity (Wildman–Crippen MR) is 524 cm³/mol. The predicted octanol–water partition coefficient (Wildman–Crippen LogP) is 23.0. The summed E-state index contributed by atoms with van der Waals surface area (Å²) in [5, 5.41) is 58.4. The van der Waals surface area contributed by atoms with Crippen LogP contribution in [0.5, 0.6) is 0 Å². The van der Waals surface area contributed by atoms with Gasteiger partial charge in [-0.15, -0.1) is 0 Å². The van der Waals surface area contributed by atoms with Gasteiger partial charge in [0.15, 0.2) is 93.1 Å². The average molecular weight is 2220 g/mol. The molecule has 0 radical (unpaired) electrons. The number of carboxylic acid groups (broad SMARTS) is 2. The Balaban J connectivity index is 0.000000784. The number of hydrogen-bond acceptors (Lipinski definition) is 13. The zero-order valence-electron chi connectivity index (χ0n) is 77.7. The van der Waals surface area contributed by atoms with Crippen molar-refractivity contribution in [2.45, 2.75) is 186 Å². The van der Waals surface area contributed by atoms with Crippen LogP contribution < -0.4 is 10.4 Å². The number of esters is 3. The summed E-state index contributed by atoms with van der Waals surface area (Å²) in [5.74, 6) is -18.5. The molecule has 0 spiro atoms. The van der Waals surface area contributed by atoms with E-state index in [-0.39, 0.29) is 135 Å². The van der Waals surface area contributed by atoms with Gasteiger partial charge in [-0.05, 0) is 248 Å². The van der Waals surface area contributed by atoms with Gasteiger partial charge >= 0.3 is 29.8 Å². The van der Waals surface area contributed by atoms with E-state index in [0.717, 1.165) is 77.2 Å². The quantitative estimate of drug-likeness (QED) is 0.0166. The van der Waals surface area contributed by atoms with Crippen LogP contribution in [0.25, 0.3) is 0 Å². The van der Waals surface area contributed by atoms with Crippen LogP contribution in [0.1, 0.15) is 160 Å². The smallest absolute Gasteiger partial charge is 0.336 e. The zero-order valence-corrected chi connectivity index (χ0v) is 86.4. The average Bonchev–Trinajstić information content (AvgIpc) is 1.13. The highest BCUT2D eigenvalue weighted by Crippen LogP contribution is 2.46.